The minimum Gasteiger partial charge on any atom is -0.299 e. The smallest absolute Gasteiger partial charge is 0.169 e. The standard InChI is InChI=1S/C22H27NO.C2H6/c1-16(2)19-14-22(21(24)20(19)17(3)4)10-12-23(13-11-22)15-18-8-6-5-7-9-18;1-2/h5-9H,1,3,10-15H2,2,4H3;1-2H3. The molecule has 2 heteroatoms. The van der Waals surface area contributed by atoms with Crippen LogP contribution in [0.1, 0.15) is 52.5 Å². The predicted octanol–water partition coefficient (Wildman–Crippen LogP) is 5.72. The quantitative estimate of drug-likeness (QED) is 0.692. The lowest BCUT2D eigenvalue weighted by molar-refractivity contribution is -0.126. The summed E-state index contributed by atoms with van der Waals surface area (Å²) >= 11 is 0. The summed E-state index contributed by atoms with van der Waals surface area (Å²) in [6, 6.07) is 10.6. The van der Waals surface area contributed by atoms with E-state index in [4.69, 9.17) is 0 Å². The third kappa shape index (κ3) is 4.07. The number of nitrogens with zero attached hydrogens (tertiary/aromatic N) is 1. The number of carbonyl (C=O) groups excluding carboxylic acids is 1. The highest BCUT2D eigenvalue weighted by molar-refractivity contribution is 6.07. The molecule has 2 nitrogen and oxygen atoms in total. The van der Waals surface area contributed by atoms with Gasteiger partial charge in [0.15, 0.2) is 5.78 Å². The number of allylic oxidation sites excluding steroid dienone is 4. The second kappa shape index (κ2) is 8.64. The molecule has 1 heterocycles. The van der Waals surface area contributed by atoms with Gasteiger partial charge >= 0.3 is 0 Å². The van der Waals surface area contributed by atoms with Crippen LogP contribution in [0.15, 0.2) is 65.8 Å². The van der Waals surface area contributed by atoms with Crippen LogP contribution in [0.25, 0.3) is 0 Å². The van der Waals surface area contributed by atoms with Crippen molar-refractivity contribution in [2.24, 2.45) is 5.41 Å². The normalized spacial score (nSPS) is 19.3. The molecule has 0 amide bonds. The molecular weight excluding hydrogens is 318 g/mol. The Morgan fingerprint density at radius 2 is 1.62 bits per heavy atom. The third-order valence-corrected chi connectivity index (χ3v) is 5.53. The summed E-state index contributed by atoms with van der Waals surface area (Å²) in [5, 5.41) is 0. The molecule has 1 spiro atoms. The topological polar surface area (TPSA) is 20.3 Å². The summed E-state index contributed by atoms with van der Waals surface area (Å²) in [6.45, 7) is 19.0. The first-order valence-electron chi connectivity index (χ1n) is 9.79. The van der Waals surface area contributed by atoms with Crippen molar-refractivity contribution in [2.45, 2.75) is 53.5 Å². The van der Waals surface area contributed by atoms with E-state index >= 15 is 0 Å². The highest BCUT2D eigenvalue weighted by Gasteiger charge is 2.48. The van der Waals surface area contributed by atoms with Gasteiger partial charge < -0.3 is 0 Å². The van der Waals surface area contributed by atoms with Gasteiger partial charge in [0.2, 0.25) is 0 Å². The Bertz CT molecular complexity index is 703. The van der Waals surface area contributed by atoms with Crippen LogP contribution in [0.2, 0.25) is 0 Å². The second-order valence-electron chi connectivity index (χ2n) is 7.46. The van der Waals surface area contributed by atoms with Gasteiger partial charge in [-0.2, -0.15) is 0 Å². The van der Waals surface area contributed by atoms with Gasteiger partial charge in [0.25, 0.3) is 0 Å². The van der Waals surface area contributed by atoms with E-state index < -0.39 is 0 Å². The molecule has 26 heavy (non-hydrogen) atoms. The van der Waals surface area contributed by atoms with Crippen molar-refractivity contribution in [3.05, 3.63) is 71.3 Å². The average molecular weight is 352 g/mol. The number of likely N-dealkylation sites (tertiary alicyclic amines) is 1. The molecule has 140 valence electrons. The van der Waals surface area contributed by atoms with Crippen LogP contribution in [-0.4, -0.2) is 23.8 Å². The summed E-state index contributed by atoms with van der Waals surface area (Å²) in [7, 11) is 0. The SMILES string of the molecule is C=C(C)C1=C(C(=C)C)C(=O)C2(CCN(Cc3ccccc3)CC2)C1.CC. The lowest BCUT2D eigenvalue weighted by Crippen LogP contribution is -2.42. The van der Waals surface area contributed by atoms with Crippen LogP contribution < -0.4 is 0 Å². The predicted molar refractivity (Wildman–Crippen MR) is 111 cm³/mol. The zero-order valence-electron chi connectivity index (χ0n) is 16.9. The van der Waals surface area contributed by atoms with E-state index in [2.05, 4.69) is 48.4 Å². The molecule has 0 saturated carbocycles. The number of hydrogen-bond acceptors (Lipinski definition) is 2. The summed E-state index contributed by atoms with van der Waals surface area (Å²) in [6.07, 6.45) is 2.72. The summed E-state index contributed by atoms with van der Waals surface area (Å²) in [5.41, 5.74) is 5.04. The lowest BCUT2D eigenvalue weighted by Gasteiger charge is -2.38. The first-order valence-corrected chi connectivity index (χ1v) is 9.79. The minimum absolute atomic E-state index is 0.213. The summed E-state index contributed by atoms with van der Waals surface area (Å²) in [4.78, 5) is 15.6. The Balaban J connectivity index is 0.00000117. The Morgan fingerprint density at radius 3 is 2.08 bits per heavy atom. The summed E-state index contributed by atoms with van der Waals surface area (Å²) < 4.78 is 0. The van der Waals surface area contributed by atoms with Crippen LogP contribution >= 0.6 is 0 Å². The zero-order chi connectivity index (χ0) is 19.3. The molecule has 1 fully saturated rings. The molecule has 0 N–H and O–H groups in total. The first kappa shape index (κ1) is 20.4. The van der Waals surface area contributed by atoms with Crippen molar-refractivity contribution in [3.63, 3.8) is 0 Å². The molecule has 0 bridgehead atoms. The molecule has 0 unspecified atom stereocenters. The molecule has 1 aliphatic carbocycles. The van der Waals surface area contributed by atoms with E-state index in [9.17, 15) is 4.79 Å². The van der Waals surface area contributed by atoms with Crippen molar-refractivity contribution in [1.29, 1.82) is 0 Å². The van der Waals surface area contributed by atoms with Crippen molar-refractivity contribution in [1.82, 2.24) is 4.90 Å². The van der Waals surface area contributed by atoms with E-state index in [1.54, 1.807) is 0 Å². The fourth-order valence-electron chi connectivity index (χ4n) is 4.11. The lowest BCUT2D eigenvalue weighted by atomic mass is 9.73. The number of ketones is 1. The van der Waals surface area contributed by atoms with Crippen molar-refractivity contribution in [3.8, 4) is 0 Å². The van der Waals surface area contributed by atoms with Crippen molar-refractivity contribution >= 4 is 5.78 Å². The van der Waals surface area contributed by atoms with Crippen molar-refractivity contribution < 1.29 is 4.79 Å². The maximum Gasteiger partial charge on any atom is 0.169 e. The van der Waals surface area contributed by atoms with Crippen LogP contribution in [0.3, 0.4) is 0 Å². The van der Waals surface area contributed by atoms with Crippen LogP contribution in [-0.2, 0) is 11.3 Å². The van der Waals surface area contributed by atoms with Gasteiger partial charge in [0.1, 0.15) is 0 Å². The Labute approximate surface area is 159 Å². The molecule has 0 aromatic heterocycles. The molecule has 2 aliphatic rings. The Morgan fingerprint density at radius 1 is 1.04 bits per heavy atom. The van der Waals surface area contributed by atoms with Gasteiger partial charge in [0, 0.05) is 17.5 Å². The van der Waals surface area contributed by atoms with Gasteiger partial charge in [-0.05, 0) is 62.9 Å². The molecule has 1 saturated heterocycles. The fourth-order valence-corrected chi connectivity index (χ4v) is 4.11. The van der Waals surface area contributed by atoms with Crippen LogP contribution in [0, 0.1) is 5.41 Å². The number of rotatable bonds is 4. The maximum absolute atomic E-state index is 13.1. The number of carbonyl (C=O) groups is 1. The second-order valence-corrected chi connectivity index (χ2v) is 7.46. The van der Waals surface area contributed by atoms with E-state index in [1.807, 2.05) is 27.7 Å². The number of Topliss-reactive ketones (excluding diaryl/α,β-unsaturated/α-hetero) is 1. The highest BCUT2D eigenvalue weighted by atomic mass is 16.1. The van der Waals surface area contributed by atoms with Gasteiger partial charge in [-0.1, -0.05) is 62.9 Å². The van der Waals surface area contributed by atoms with Gasteiger partial charge in [0.05, 0.1) is 0 Å². The molecule has 1 aromatic rings. The molecular formula is C24H33NO. The van der Waals surface area contributed by atoms with Crippen molar-refractivity contribution in [2.75, 3.05) is 13.1 Å². The summed E-state index contributed by atoms with van der Waals surface area (Å²) in [5.74, 6) is 0.312. The molecule has 1 aliphatic heterocycles. The van der Waals surface area contributed by atoms with Gasteiger partial charge in [-0.3, -0.25) is 9.69 Å². The van der Waals surface area contributed by atoms with E-state index in [0.29, 0.717) is 5.78 Å². The Hall–Kier alpha value is -1.93. The highest BCUT2D eigenvalue weighted by Crippen LogP contribution is 2.49. The number of piperidine rings is 1. The van der Waals surface area contributed by atoms with Gasteiger partial charge in [-0.25, -0.2) is 0 Å². The third-order valence-electron chi connectivity index (χ3n) is 5.53. The number of hydrogen-bond donors (Lipinski definition) is 0. The molecule has 3 rings (SSSR count). The van der Waals surface area contributed by atoms with Crippen LogP contribution in [0.5, 0.6) is 0 Å². The molecule has 0 atom stereocenters. The zero-order valence-corrected chi connectivity index (χ0v) is 16.9. The molecule has 0 radical (unpaired) electrons. The fraction of sp³-hybridized carbons (Fsp3) is 0.458. The largest absolute Gasteiger partial charge is 0.299 e. The van der Waals surface area contributed by atoms with E-state index in [0.717, 1.165) is 61.2 Å². The average Bonchev–Trinajstić information content (AvgIpc) is 2.93. The number of benzene rings is 1. The Kier molecular flexibility index (Phi) is 6.77. The minimum atomic E-state index is -0.213. The van der Waals surface area contributed by atoms with E-state index in [-0.39, 0.29) is 5.41 Å². The van der Waals surface area contributed by atoms with Crippen LogP contribution in [0.4, 0.5) is 0 Å². The van der Waals surface area contributed by atoms with Gasteiger partial charge in [-0.15, -0.1) is 0 Å². The van der Waals surface area contributed by atoms with E-state index in [1.165, 1.54) is 5.56 Å². The maximum atomic E-state index is 13.1. The monoisotopic (exact) mass is 351 g/mol. The first-order chi connectivity index (χ1) is 12.4. The molecule has 1 aromatic carbocycles.